The van der Waals surface area contributed by atoms with Crippen molar-refractivity contribution in [3.8, 4) is 5.75 Å². The van der Waals surface area contributed by atoms with E-state index in [0.29, 0.717) is 12.6 Å². The van der Waals surface area contributed by atoms with Gasteiger partial charge in [0.05, 0.1) is 7.11 Å². The van der Waals surface area contributed by atoms with Crippen molar-refractivity contribution >= 4 is 29.9 Å². The fourth-order valence-electron chi connectivity index (χ4n) is 3.95. The van der Waals surface area contributed by atoms with Gasteiger partial charge in [-0.2, -0.15) is 0 Å². The van der Waals surface area contributed by atoms with Crippen LogP contribution in [0.1, 0.15) is 23.6 Å². The Balaban J connectivity index is 0.00000341. The third kappa shape index (κ3) is 7.66. The fourth-order valence-corrected chi connectivity index (χ4v) is 3.95. The van der Waals surface area contributed by atoms with Gasteiger partial charge >= 0.3 is 0 Å². The molecule has 1 fully saturated rings. The van der Waals surface area contributed by atoms with Crippen LogP contribution in [0.3, 0.4) is 0 Å². The van der Waals surface area contributed by atoms with Crippen LogP contribution in [0.25, 0.3) is 0 Å². The van der Waals surface area contributed by atoms with Crippen molar-refractivity contribution in [1.82, 2.24) is 20.4 Å². The number of piperazine rings is 1. The summed E-state index contributed by atoms with van der Waals surface area (Å²) in [5.41, 5.74) is 2.53. The Morgan fingerprint density at radius 2 is 1.81 bits per heavy atom. The molecule has 7 heteroatoms. The van der Waals surface area contributed by atoms with E-state index in [4.69, 9.17) is 4.74 Å². The van der Waals surface area contributed by atoms with E-state index in [1.807, 2.05) is 25.2 Å². The number of methoxy groups -OCH3 is 1. The van der Waals surface area contributed by atoms with E-state index in [1.165, 1.54) is 5.56 Å². The number of rotatable bonds is 8. The molecular formula is C24H36IN5O. The molecule has 0 radical (unpaired) electrons. The normalized spacial score (nSPS) is 17.6. The second-order valence-corrected chi connectivity index (χ2v) is 7.74. The molecule has 170 valence electrons. The van der Waals surface area contributed by atoms with E-state index in [2.05, 4.69) is 68.9 Å². The lowest BCUT2D eigenvalue weighted by atomic mass is 10.0. The Bertz CT molecular complexity index is 802. The number of guanidine groups is 1. The molecule has 1 aliphatic rings. The highest BCUT2D eigenvalue weighted by Crippen LogP contribution is 2.24. The number of para-hydroxylation sites is 1. The Morgan fingerprint density at radius 1 is 1.06 bits per heavy atom. The van der Waals surface area contributed by atoms with Crippen LogP contribution in [-0.4, -0.2) is 69.7 Å². The number of nitrogens with zero attached hydrogens (tertiary/aromatic N) is 3. The predicted molar refractivity (Wildman–Crippen MR) is 139 cm³/mol. The molecule has 2 N–H and O–H groups in total. The molecule has 0 aliphatic carbocycles. The van der Waals surface area contributed by atoms with Gasteiger partial charge in [0.25, 0.3) is 0 Å². The maximum Gasteiger partial charge on any atom is 0.191 e. The van der Waals surface area contributed by atoms with Crippen molar-refractivity contribution in [2.24, 2.45) is 4.99 Å². The minimum Gasteiger partial charge on any atom is -0.496 e. The standard InChI is InChI=1S/C24H35N5O.HI/c1-25-24(27-18-21-12-7-8-13-23(21)30-3)26-14-9-15-29-17-16-28(2)19-22(29)20-10-5-4-6-11-20;/h4-8,10-13,22H,9,14-19H2,1-3H3,(H2,25,26,27);1H. The van der Waals surface area contributed by atoms with Crippen molar-refractivity contribution in [2.75, 3.05) is 53.9 Å². The number of halogens is 1. The number of ether oxygens (including phenoxy) is 1. The van der Waals surface area contributed by atoms with E-state index in [0.717, 1.165) is 56.4 Å². The van der Waals surface area contributed by atoms with E-state index in [9.17, 15) is 0 Å². The first-order valence-corrected chi connectivity index (χ1v) is 10.7. The van der Waals surface area contributed by atoms with Crippen LogP contribution < -0.4 is 15.4 Å². The molecule has 1 atom stereocenters. The highest BCUT2D eigenvalue weighted by molar-refractivity contribution is 14.0. The molecule has 6 nitrogen and oxygen atoms in total. The molecule has 1 saturated heterocycles. The average molecular weight is 537 g/mol. The van der Waals surface area contributed by atoms with E-state index >= 15 is 0 Å². The summed E-state index contributed by atoms with van der Waals surface area (Å²) in [4.78, 5) is 9.39. The van der Waals surface area contributed by atoms with Gasteiger partial charge in [0.1, 0.15) is 5.75 Å². The number of benzene rings is 2. The number of nitrogens with one attached hydrogen (secondary N) is 2. The molecule has 1 heterocycles. The summed E-state index contributed by atoms with van der Waals surface area (Å²) in [6.45, 7) is 5.96. The predicted octanol–water partition coefficient (Wildman–Crippen LogP) is 3.36. The lowest BCUT2D eigenvalue weighted by Gasteiger charge is -2.40. The average Bonchev–Trinajstić information content (AvgIpc) is 2.80. The van der Waals surface area contributed by atoms with Crippen LogP contribution in [0.4, 0.5) is 0 Å². The van der Waals surface area contributed by atoms with Crippen LogP contribution in [0.2, 0.25) is 0 Å². The maximum absolute atomic E-state index is 5.42. The van der Waals surface area contributed by atoms with Crippen molar-refractivity contribution < 1.29 is 4.74 Å². The first kappa shape index (κ1) is 25.4. The second-order valence-electron chi connectivity index (χ2n) is 7.74. The summed E-state index contributed by atoms with van der Waals surface area (Å²) < 4.78 is 5.42. The molecule has 0 aromatic heterocycles. The lowest BCUT2D eigenvalue weighted by molar-refractivity contribution is 0.0891. The summed E-state index contributed by atoms with van der Waals surface area (Å²) in [6, 6.07) is 19.4. The minimum absolute atomic E-state index is 0. The van der Waals surface area contributed by atoms with Gasteiger partial charge in [-0.15, -0.1) is 24.0 Å². The highest BCUT2D eigenvalue weighted by Gasteiger charge is 2.25. The SMILES string of the molecule is CN=C(NCCCN1CCN(C)CC1c1ccccc1)NCc1ccccc1OC.I. The van der Waals surface area contributed by atoms with Crippen molar-refractivity contribution in [2.45, 2.75) is 19.0 Å². The Hall–Kier alpha value is -1.84. The van der Waals surface area contributed by atoms with Gasteiger partial charge in [-0.25, -0.2) is 0 Å². The topological polar surface area (TPSA) is 52.1 Å². The van der Waals surface area contributed by atoms with Crippen molar-refractivity contribution in [1.29, 1.82) is 0 Å². The van der Waals surface area contributed by atoms with Gasteiger partial charge in [0, 0.05) is 57.9 Å². The summed E-state index contributed by atoms with van der Waals surface area (Å²) in [6.07, 6.45) is 1.07. The zero-order valence-corrected chi connectivity index (χ0v) is 21.2. The fraction of sp³-hybridized carbons (Fsp3) is 0.458. The van der Waals surface area contributed by atoms with E-state index < -0.39 is 0 Å². The third-order valence-corrected chi connectivity index (χ3v) is 5.66. The molecule has 0 spiro atoms. The third-order valence-electron chi connectivity index (χ3n) is 5.66. The first-order chi connectivity index (χ1) is 14.7. The molecule has 31 heavy (non-hydrogen) atoms. The zero-order valence-electron chi connectivity index (χ0n) is 18.9. The largest absolute Gasteiger partial charge is 0.496 e. The van der Waals surface area contributed by atoms with Crippen molar-refractivity contribution in [3.05, 3.63) is 65.7 Å². The van der Waals surface area contributed by atoms with Gasteiger partial charge in [0.2, 0.25) is 0 Å². The number of hydrogen-bond donors (Lipinski definition) is 2. The van der Waals surface area contributed by atoms with Gasteiger partial charge in [0.15, 0.2) is 5.96 Å². The maximum atomic E-state index is 5.42. The van der Waals surface area contributed by atoms with Gasteiger partial charge in [-0.3, -0.25) is 9.89 Å². The smallest absolute Gasteiger partial charge is 0.191 e. The first-order valence-electron chi connectivity index (χ1n) is 10.7. The number of hydrogen-bond acceptors (Lipinski definition) is 4. The molecule has 0 amide bonds. The van der Waals surface area contributed by atoms with Crippen LogP contribution in [0.15, 0.2) is 59.6 Å². The molecule has 2 aromatic rings. The quantitative estimate of drug-likeness (QED) is 0.234. The summed E-state index contributed by atoms with van der Waals surface area (Å²) in [5, 5.41) is 6.82. The molecule has 0 saturated carbocycles. The summed E-state index contributed by atoms with van der Waals surface area (Å²) in [5.74, 6) is 1.71. The van der Waals surface area contributed by atoms with Crippen LogP contribution in [-0.2, 0) is 6.54 Å². The number of aliphatic imine (C=N–C) groups is 1. The van der Waals surface area contributed by atoms with E-state index in [1.54, 1.807) is 7.11 Å². The lowest BCUT2D eigenvalue weighted by Crippen LogP contribution is -2.47. The summed E-state index contributed by atoms with van der Waals surface area (Å²) >= 11 is 0. The highest BCUT2D eigenvalue weighted by atomic mass is 127. The van der Waals surface area contributed by atoms with Crippen LogP contribution in [0, 0.1) is 0 Å². The Labute approximate surface area is 204 Å². The molecule has 2 aromatic carbocycles. The minimum atomic E-state index is 0. The molecular weight excluding hydrogens is 501 g/mol. The number of likely N-dealkylation sites (N-methyl/N-ethyl adjacent to an activating group) is 1. The monoisotopic (exact) mass is 537 g/mol. The Morgan fingerprint density at radius 3 is 2.55 bits per heavy atom. The van der Waals surface area contributed by atoms with E-state index in [-0.39, 0.29) is 24.0 Å². The van der Waals surface area contributed by atoms with Gasteiger partial charge < -0.3 is 20.3 Å². The molecule has 1 aliphatic heterocycles. The molecule has 3 rings (SSSR count). The molecule has 0 bridgehead atoms. The second kappa shape index (κ2) is 13.5. The van der Waals surface area contributed by atoms with Crippen molar-refractivity contribution in [3.63, 3.8) is 0 Å². The van der Waals surface area contributed by atoms with Crippen LogP contribution >= 0.6 is 24.0 Å². The van der Waals surface area contributed by atoms with Crippen LogP contribution in [0.5, 0.6) is 5.75 Å². The summed E-state index contributed by atoms with van der Waals surface area (Å²) in [7, 11) is 5.72. The Kier molecular flexibility index (Phi) is 11.1. The zero-order chi connectivity index (χ0) is 21.2. The molecule has 1 unspecified atom stereocenters. The van der Waals surface area contributed by atoms with Gasteiger partial charge in [-0.1, -0.05) is 48.5 Å². The van der Waals surface area contributed by atoms with Gasteiger partial charge in [-0.05, 0) is 25.1 Å².